The van der Waals surface area contributed by atoms with Crippen LogP contribution in [0.3, 0.4) is 0 Å². The first-order valence-electron chi connectivity index (χ1n) is 4.23. The Morgan fingerprint density at radius 2 is 1.85 bits per heavy atom. The molecule has 1 nitrogen and oxygen atoms in total. The first-order chi connectivity index (χ1) is 6.02. The lowest BCUT2D eigenvalue weighted by molar-refractivity contribution is 0.480. The summed E-state index contributed by atoms with van der Waals surface area (Å²) in [5.41, 5.74) is 6.10. The summed E-state index contributed by atoms with van der Waals surface area (Å²) >= 11 is 0. The molecule has 0 aliphatic heterocycles. The SMILES string of the molecule is CC(C)[C@H](N)c1ccc(F)cc1F. The third-order valence-corrected chi connectivity index (χ3v) is 2.04. The maximum absolute atomic E-state index is 13.1. The van der Waals surface area contributed by atoms with E-state index in [0.717, 1.165) is 6.07 Å². The zero-order valence-electron chi connectivity index (χ0n) is 7.72. The number of hydrogen-bond donors (Lipinski definition) is 1. The van der Waals surface area contributed by atoms with Crippen molar-refractivity contribution in [3.63, 3.8) is 0 Å². The van der Waals surface area contributed by atoms with Gasteiger partial charge in [-0.2, -0.15) is 0 Å². The van der Waals surface area contributed by atoms with Gasteiger partial charge in [0, 0.05) is 17.7 Å². The minimum Gasteiger partial charge on any atom is -0.324 e. The van der Waals surface area contributed by atoms with Crippen LogP contribution >= 0.6 is 0 Å². The van der Waals surface area contributed by atoms with Gasteiger partial charge >= 0.3 is 0 Å². The van der Waals surface area contributed by atoms with Gasteiger partial charge in [-0.15, -0.1) is 0 Å². The summed E-state index contributed by atoms with van der Waals surface area (Å²) in [5, 5.41) is 0. The lowest BCUT2D eigenvalue weighted by Gasteiger charge is -2.16. The Labute approximate surface area is 76.6 Å². The fourth-order valence-corrected chi connectivity index (χ4v) is 1.13. The van der Waals surface area contributed by atoms with Crippen LogP contribution in [0.5, 0.6) is 0 Å². The molecular formula is C10H13F2N. The fraction of sp³-hybridized carbons (Fsp3) is 0.400. The van der Waals surface area contributed by atoms with Crippen LogP contribution in [-0.4, -0.2) is 0 Å². The fourth-order valence-electron chi connectivity index (χ4n) is 1.13. The van der Waals surface area contributed by atoms with Crippen molar-refractivity contribution in [2.45, 2.75) is 19.9 Å². The molecule has 13 heavy (non-hydrogen) atoms. The molecule has 2 N–H and O–H groups in total. The van der Waals surface area contributed by atoms with Crippen LogP contribution in [0.15, 0.2) is 18.2 Å². The van der Waals surface area contributed by atoms with Crippen LogP contribution < -0.4 is 5.73 Å². The molecule has 0 heterocycles. The number of rotatable bonds is 2. The van der Waals surface area contributed by atoms with Gasteiger partial charge in [0.1, 0.15) is 11.6 Å². The van der Waals surface area contributed by atoms with Gasteiger partial charge in [-0.1, -0.05) is 19.9 Å². The minimum atomic E-state index is -0.572. The Morgan fingerprint density at radius 1 is 1.23 bits per heavy atom. The maximum Gasteiger partial charge on any atom is 0.130 e. The van der Waals surface area contributed by atoms with Gasteiger partial charge in [0.15, 0.2) is 0 Å². The predicted molar refractivity (Wildman–Crippen MR) is 48.1 cm³/mol. The van der Waals surface area contributed by atoms with E-state index in [1.54, 1.807) is 0 Å². The smallest absolute Gasteiger partial charge is 0.130 e. The summed E-state index contributed by atoms with van der Waals surface area (Å²) in [6.07, 6.45) is 0. The van der Waals surface area contributed by atoms with Crippen LogP contribution in [0, 0.1) is 17.6 Å². The average Bonchev–Trinajstić information content (AvgIpc) is 2.03. The van der Waals surface area contributed by atoms with Crippen molar-refractivity contribution in [3.8, 4) is 0 Å². The highest BCUT2D eigenvalue weighted by Gasteiger charge is 2.14. The number of hydrogen-bond acceptors (Lipinski definition) is 1. The van der Waals surface area contributed by atoms with E-state index < -0.39 is 11.6 Å². The summed E-state index contributed by atoms with van der Waals surface area (Å²) < 4.78 is 25.7. The molecule has 72 valence electrons. The number of benzene rings is 1. The van der Waals surface area contributed by atoms with Gasteiger partial charge in [0.25, 0.3) is 0 Å². The quantitative estimate of drug-likeness (QED) is 0.753. The summed E-state index contributed by atoms with van der Waals surface area (Å²) in [5.74, 6) is -1.00. The van der Waals surface area contributed by atoms with Crippen LogP contribution in [0.4, 0.5) is 8.78 Å². The van der Waals surface area contributed by atoms with E-state index in [-0.39, 0.29) is 12.0 Å². The Morgan fingerprint density at radius 3 is 2.31 bits per heavy atom. The number of nitrogens with two attached hydrogens (primary N) is 1. The van der Waals surface area contributed by atoms with Crippen LogP contribution in [0.1, 0.15) is 25.5 Å². The third-order valence-electron chi connectivity index (χ3n) is 2.04. The highest BCUT2D eigenvalue weighted by atomic mass is 19.1. The van der Waals surface area contributed by atoms with Gasteiger partial charge in [0.05, 0.1) is 0 Å². The molecule has 0 amide bonds. The van der Waals surface area contributed by atoms with Crippen LogP contribution in [0.25, 0.3) is 0 Å². The Balaban J connectivity index is 3.01. The molecular weight excluding hydrogens is 172 g/mol. The topological polar surface area (TPSA) is 26.0 Å². The average molecular weight is 185 g/mol. The van der Waals surface area contributed by atoms with Crippen molar-refractivity contribution in [1.82, 2.24) is 0 Å². The summed E-state index contributed by atoms with van der Waals surface area (Å²) in [4.78, 5) is 0. The van der Waals surface area contributed by atoms with Crippen molar-refractivity contribution in [1.29, 1.82) is 0 Å². The molecule has 0 aliphatic rings. The Bertz CT molecular complexity index is 297. The molecule has 1 aromatic rings. The molecule has 1 rings (SSSR count). The van der Waals surface area contributed by atoms with Crippen molar-refractivity contribution in [3.05, 3.63) is 35.4 Å². The maximum atomic E-state index is 13.1. The van der Waals surface area contributed by atoms with E-state index in [1.165, 1.54) is 12.1 Å². The zero-order valence-corrected chi connectivity index (χ0v) is 7.72. The van der Waals surface area contributed by atoms with E-state index in [1.807, 2.05) is 13.8 Å². The van der Waals surface area contributed by atoms with E-state index in [9.17, 15) is 8.78 Å². The highest BCUT2D eigenvalue weighted by Crippen LogP contribution is 2.21. The first-order valence-corrected chi connectivity index (χ1v) is 4.23. The lowest BCUT2D eigenvalue weighted by atomic mass is 9.97. The molecule has 1 aromatic carbocycles. The van der Waals surface area contributed by atoms with E-state index in [4.69, 9.17) is 5.73 Å². The van der Waals surface area contributed by atoms with Gasteiger partial charge in [0.2, 0.25) is 0 Å². The summed E-state index contributed by atoms with van der Waals surface area (Å²) in [6.45, 7) is 3.79. The third kappa shape index (κ3) is 2.25. The molecule has 0 aromatic heterocycles. The second-order valence-electron chi connectivity index (χ2n) is 3.44. The molecule has 0 radical (unpaired) electrons. The Hall–Kier alpha value is -0.960. The summed E-state index contributed by atoms with van der Waals surface area (Å²) in [6, 6.07) is 3.11. The minimum absolute atomic E-state index is 0.139. The van der Waals surface area contributed by atoms with Crippen LogP contribution in [0.2, 0.25) is 0 Å². The van der Waals surface area contributed by atoms with E-state index in [2.05, 4.69) is 0 Å². The van der Waals surface area contributed by atoms with Gasteiger partial charge < -0.3 is 5.73 Å². The van der Waals surface area contributed by atoms with Gasteiger partial charge in [-0.3, -0.25) is 0 Å². The Kier molecular flexibility index (Phi) is 2.98. The van der Waals surface area contributed by atoms with Crippen molar-refractivity contribution in [2.75, 3.05) is 0 Å². The molecule has 0 spiro atoms. The molecule has 3 heteroatoms. The van der Waals surface area contributed by atoms with Crippen molar-refractivity contribution < 1.29 is 8.78 Å². The van der Waals surface area contributed by atoms with Crippen molar-refractivity contribution >= 4 is 0 Å². The second kappa shape index (κ2) is 3.83. The first kappa shape index (κ1) is 10.1. The molecule has 0 saturated heterocycles. The summed E-state index contributed by atoms with van der Waals surface area (Å²) in [7, 11) is 0. The zero-order chi connectivity index (χ0) is 10.0. The predicted octanol–water partition coefficient (Wildman–Crippen LogP) is 2.62. The molecule has 1 atom stereocenters. The van der Waals surface area contributed by atoms with Gasteiger partial charge in [-0.25, -0.2) is 8.78 Å². The molecule has 0 bridgehead atoms. The van der Waals surface area contributed by atoms with E-state index in [0.29, 0.717) is 5.56 Å². The largest absolute Gasteiger partial charge is 0.324 e. The number of halogens is 2. The highest BCUT2D eigenvalue weighted by molar-refractivity contribution is 5.22. The van der Waals surface area contributed by atoms with Gasteiger partial charge in [-0.05, 0) is 12.0 Å². The molecule has 0 fully saturated rings. The molecule has 0 aliphatic carbocycles. The molecule has 0 saturated carbocycles. The second-order valence-corrected chi connectivity index (χ2v) is 3.44. The normalized spacial score (nSPS) is 13.4. The standard InChI is InChI=1S/C10H13F2N/c1-6(2)10(13)8-4-3-7(11)5-9(8)12/h3-6,10H,13H2,1-2H3/t10-/m0/s1. The lowest BCUT2D eigenvalue weighted by Crippen LogP contribution is -2.18. The van der Waals surface area contributed by atoms with Crippen LogP contribution in [-0.2, 0) is 0 Å². The van der Waals surface area contributed by atoms with E-state index >= 15 is 0 Å². The monoisotopic (exact) mass is 185 g/mol. The van der Waals surface area contributed by atoms with Crippen molar-refractivity contribution in [2.24, 2.45) is 11.7 Å². The molecule has 0 unspecified atom stereocenters.